The van der Waals surface area contributed by atoms with Gasteiger partial charge in [0.1, 0.15) is 5.75 Å². The second-order valence-electron chi connectivity index (χ2n) is 6.25. The number of rotatable bonds is 6. The highest BCUT2D eigenvalue weighted by atomic mass is 16.5. The van der Waals surface area contributed by atoms with Gasteiger partial charge in [-0.2, -0.15) is 0 Å². The van der Waals surface area contributed by atoms with Gasteiger partial charge >= 0.3 is 0 Å². The summed E-state index contributed by atoms with van der Waals surface area (Å²) in [6.45, 7) is 9.41. The van der Waals surface area contributed by atoms with Crippen LogP contribution in [0, 0.1) is 0 Å². The summed E-state index contributed by atoms with van der Waals surface area (Å²) in [5.74, 6) is 1.44. The van der Waals surface area contributed by atoms with Gasteiger partial charge in [-0.05, 0) is 43.9 Å². The van der Waals surface area contributed by atoms with E-state index in [0.29, 0.717) is 5.92 Å². The fraction of sp³-hybridized carbons (Fsp3) is 0.625. The zero-order valence-electron chi connectivity index (χ0n) is 13.2. The molecule has 0 saturated carbocycles. The highest BCUT2D eigenvalue weighted by Gasteiger charge is 2.15. The summed E-state index contributed by atoms with van der Waals surface area (Å²) in [4.78, 5) is 2.21. The summed E-state index contributed by atoms with van der Waals surface area (Å²) < 4.78 is 5.52. The van der Waals surface area contributed by atoms with Crippen LogP contribution in [0.15, 0.2) is 18.2 Å². The highest BCUT2D eigenvalue weighted by Crippen LogP contribution is 2.31. The molecule has 0 heterocycles. The predicted molar refractivity (Wildman–Crippen MR) is 83.2 cm³/mol. The molecule has 0 saturated heterocycles. The molecule has 0 aliphatic rings. The van der Waals surface area contributed by atoms with Gasteiger partial charge in [-0.1, -0.05) is 19.9 Å². The van der Waals surface area contributed by atoms with Gasteiger partial charge in [0.15, 0.2) is 0 Å². The first-order chi connectivity index (χ1) is 8.74. The van der Waals surface area contributed by atoms with Crippen LogP contribution in [0.2, 0.25) is 0 Å². The van der Waals surface area contributed by atoms with Crippen molar-refractivity contribution in [3.8, 4) is 5.75 Å². The normalized spacial score (nSPS) is 11.8. The van der Waals surface area contributed by atoms with Gasteiger partial charge < -0.3 is 15.4 Å². The molecule has 1 aromatic carbocycles. The van der Waals surface area contributed by atoms with Crippen LogP contribution in [0.5, 0.6) is 5.75 Å². The second kappa shape index (κ2) is 6.29. The van der Waals surface area contributed by atoms with Crippen molar-refractivity contribution in [3.05, 3.63) is 23.8 Å². The minimum atomic E-state index is -0.140. The van der Waals surface area contributed by atoms with Crippen molar-refractivity contribution >= 4 is 5.69 Å². The van der Waals surface area contributed by atoms with Gasteiger partial charge in [0.25, 0.3) is 0 Å². The van der Waals surface area contributed by atoms with E-state index in [-0.39, 0.29) is 5.54 Å². The number of benzene rings is 1. The Morgan fingerprint density at radius 3 is 2.42 bits per heavy atom. The van der Waals surface area contributed by atoms with Crippen molar-refractivity contribution in [1.82, 2.24) is 0 Å². The van der Waals surface area contributed by atoms with Crippen LogP contribution in [-0.2, 0) is 0 Å². The number of nitrogens with two attached hydrogens (primary N) is 1. The third-order valence-electron chi connectivity index (χ3n) is 3.37. The lowest BCUT2D eigenvalue weighted by molar-refractivity contribution is 0.412. The fourth-order valence-corrected chi connectivity index (χ4v) is 1.94. The Morgan fingerprint density at radius 2 is 1.95 bits per heavy atom. The summed E-state index contributed by atoms with van der Waals surface area (Å²) in [5, 5.41) is 0. The first kappa shape index (κ1) is 15.8. The van der Waals surface area contributed by atoms with E-state index in [0.717, 1.165) is 24.4 Å². The molecule has 0 aliphatic carbocycles. The van der Waals surface area contributed by atoms with Crippen molar-refractivity contribution in [2.24, 2.45) is 5.73 Å². The maximum absolute atomic E-state index is 6.04. The van der Waals surface area contributed by atoms with Gasteiger partial charge in [0, 0.05) is 19.1 Å². The lowest BCUT2D eigenvalue weighted by Gasteiger charge is -2.26. The molecular weight excluding hydrogens is 236 g/mol. The first-order valence-electron chi connectivity index (χ1n) is 6.92. The average Bonchev–Trinajstić information content (AvgIpc) is 2.34. The average molecular weight is 264 g/mol. The van der Waals surface area contributed by atoms with Crippen LogP contribution in [0.3, 0.4) is 0 Å². The maximum atomic E-state index is 6.04. The lowest BCUT2D eigenvalue weighted by atomic mass is 10.0. The zero-order chi connectivity index (χ0) is 14.6. The van der Waals surface area contributed by atoms with Gasteiger partial charge in [0.05, 0.1) is 12.8 Å². The highest BCUT2D eigenvalue weighted by molar-refractivity contribution is 5.59. The van der Waals surface area contributed by atoms with Crippen molar-refractivity contribution in [2.45, 2.75) is 45.6 Å². The molecule has 2 N–H and O–H groups in total. The van der Waals surface area contributed by atoms with E-state index < -0.39 is 0 Å². The van der Waals surface area contributed by atoms with E-state index in [1.165, 1.54) is 5.56 Å². The maximum Gasteiger partial charge on any atom is 0.142 e. The van der Waals surface area contributed by atoms with E-state index >= 15 is 0 Å². The van der Waals surface area contributed by atoms with Crippen LogP contribution in [-0.4, -0.2) is 26.2 Å². The van der Waals surface area contributed by atoms with E-state index in [1.807, 2.05) is 0 Å². The summed E-state index contributed by atoms with van der Waals surface area (Å²) in [6, 6.07) is 6.44. The second-order valence-corrected chi connectivity index (χ2v) is 6.25. The molecule has 19 heavy (non-hydrogen) atoms. The molecule has 0 atom stereocenters. The minimum absolute atomic E-state index is 0.140. The van der Waals surface area contributed by atoms with Gasteiger partial charge in [-0.15, -0.1) is 0 Å². The summed E-state index contributed by atoms with van der Waals surface area (Å²) >= 11 is 0. The van der Waals surface area contributed by atoms with Crippen LogP contribution in [0.4, 0.5) is 5.69 Å². The van der Waals surface area contributed by atoms with Crippen LogP contribution < -0.4 is 15.4 Å². The van der Waals surface area contributed by atoms with Gasteiger partial charge in [-0.25, -0.2) is 0 Å². The monoisotopic (exact) mass is 264 g/mol. The topological polar surface area (TPSA) is 38.5 Å². The Labute approximate surface area is 117 Å². The Morgan fingerprint density at radius 1 is 1.32 bits per heavy atom. The number of hydrogen-bond donors (Lipinski definition) is 1. The Kier molecular flexibility index (Phi) is 5.24. The minimum Gasteiger partial charge on any atom is -0.495 e. The molecule has 0 radical (unpaired) electrons. The molecule has 0 spiro atoms. The smallest absolute Gasteiger partial charge is 0.142 e. The Bertz CT molecular complexity index is 408. The number of anilines is 1. The third-order valence-corrected chi connectivity index (χ3v) is 3.37. The summed E-state index contributed by atoms with van der Waals surface area (Å²) in [6.07, 6.45) is 0.943. The van der Waals surface area contributed by atoms with Gasteiger partial charge in [-0.3, -0.25) is 0 Å². The molecule has 0 unspecified atom stereocenters. The molecule has 3 heteroatoms. The number of nitrogens with zero attached hydrogens (tertiary/aromatic N) is 1. The third kappa shape index (κ3) is 4.75. The fourth-order valence-electron chi connectivity index (χ4n) is 1.94. The SMILES string of the molecule is COc1cc(C(C)C)ccc1N(C)CCC(C)(C)N. The molecule has 0 aromatic heterocycles. The van der Waals surface area contributed by atoms with Crippen LogP contribution >= 0.6 is 0 Å². The lowest BCUT2D eigenvalue weighted by Crippen LogP contribution is -2.36. The van der Waals surface area contributed by atoms with E-state index in [2.05, 4.69) is 57.8 Å². The largest absolute Gasteiger partial charge is 0.495 e. The first-order valence-corrected chi connectivity index (χ1v) is 6.92. The van der Waals surface area contributed by atoms with Crippen molar-refractivity contribution in [2.75, 3.05) is 25.6 Å². The standard InChI is InChI=1S/C16H28N2O/c1-12(2)13-7-8-14(15(11-13)19-6)18(5)10-9-16(3,4)17/h7-8,11-12H,9-10,17H2,1-6H3. The summed E-state index contributed by atoms with van der Waals surface area (Å²) in [7, 11) is 3.81. The summed E-state index contributed by atoms with van der Waals surface area (Å²) in [5.41, 5.74) is 8.32. The van der Waals surface area contributed by atoms with E-state index in [9.17, 15) is 0 Å². The molecular formula is C16H28N2O. The number of methoxy groups -OCH3 is 1. The van der Waals surface area contributed by atoms with Crippen LogP contribution in [0.25, 0.3) is 0 Å². The van der Waals surface area contributed by atoms with Crippen LogP contribution in [0.1, 0.15) is 45.6 Å². The molecule has 108 valence electrons. The molecule has 0 aliphatic heterocycles. The van der Waals surface area contributed by atoms with Crippen molar-refractivity contribution in [3.63, 3.8) is 0 Å². The van der Waals surface area contributed by atoms with Crippen molar-refractivity contribution < 1.29 is 4.74 Å². The molecule has 1 aromatic rings. The zero-order valence-corrected chi connectivity index (χ0v) is 13.2. The molecule has 1 rings (SSSR count). The predicted octanol–water partition coefficient (Wildman–Crippen LogP) is 3.38. The Balaban J connectivity index is 2.87. The molecule has 0 amide bonds. The number of hydrogen-bond acceptors (Lipinski definition) is 3. The van der Waals surface area contributed by atoms with E-state index in [4.69, 9.17) is 10.5 Å². The molecule has 0 bridgehead atoms. The van der Waals surface area contributed by atoms with Crippen molar-refractivity contribution in [1.29, 1.82) is 0 Å². The Hall–Kier alpha value is -1.22. The van der Waals surface area contributed by atoms with E-state index in [1.54, 1.807) is 7.11 Å². The number of ether oxygens (including phenoxy) is 1. The van der Waals surface area contributed by atoms with Gasteiger partial charge in [0.2, 0.25) is 0 Å². The molecule has 0 fully saturated rings. The quantitative estimate of drug-likeness (QED) is 0.856. The molecule has 3 nitrogen and oxygen atoms in total.